The lowest BCUT2D eigenvalue weighted by Gasteiger charge is -2.09. The predicted octanol–water partition coefficient (Wildman–Crippen LogP) is 4.97. The summed E-state index contributed by atoms with van der Waals surface area (Å²) >= 11 is 5.94. The molecule has 5 nitrogen and oxygen atoms in total. The zero-order chi connectivity index (χ0) is 21.1. The van der Waals surface area contributed by atoms with Crippen molar-refractivity contribution in [2.24, 2.45) is 4.99 Å². The molecule has 0 saturated carbocycles. The average Bonchev–Trinajstić information content (AvgIpc) is 3.07. The molecule has 3 aromatic carbocycles. The van der Waals surface area contributed by atoms with Gasteiger partial charge in [0.2, 0.25) is 0 Å². The van der Waals surface area contributed by atoms with E-state index in [1.165, 1.54) is 0 Å². The van der Waals surface area contributed by atoms with Crippen LogP contribution < -0.4 is 9.52 Å². The number of sulfonamides is 1. The highest BCUT2D eigenvalue weighted by Gasteiger charge is 2.15. The van der Waals surface area contributed by atoms with Crippen molar-refractivity contribution in [2.75, 3.05) is 10.5 Å². The molecule has 0 amide bonds. The van der Waals surface area contributed by atoms with Crippen molar-refractivity contribution < 1.29 is 8.42 Å². The Labute approximate surface area is 185 Å². The maximum atomic E-state index is 12.8. The normalized spacial score (nSPS) is 12.4. The van der Waals surface area contributed by atoms with E-state index in [1.54, 1.807) is 47.7 Å². The van der Waals surface area contributed by atoms with Gasteiger partial charge < -0.3 is 4.57 Å². The van der Waals surface area contributed by atoms with Gasteiger partial charge in [-0.3, -0.25) is 4.72 Å². The first-order valence-electron chi connectivity index (χ1n) is 9.40. The number of hydrogen-bond donors (Lipinski definition) is 2. The van der Waals surface area contributed by atoms with Crippen LogP contribution in [0.15, 0.2) is 82.7 Å². The quantitative estimate of drug-likeness (QED) is 0.403. The minimum absolute atomic E-state index is 0.172. The fraction of sp³-hybridized carbons (Fsp3) is 0.136. The summed E-state index contributed by atoms with van der Waals surface area (Å²) in [5.74, 6) is 0.683. The number of nitrogens with zero attached hydrogens (tertiary/aromatic N) is 2. The minimum Gasteiger partial charge on any atom is -0.316 e. The molecule has 0 aliphatic carbocycles. The second-order valence-corrected chi connectivity index (χ2v) is 9.95. The van der Waals surface area contributed by atoms with Crippen LogP contribution in [0, 0.1) is 6.92 Å². The number of benzene rings is 3. The maximum absolute atomic E-state index is 12.8. The average molecular weight is 456 g/mol. The molecule has 4 rings (SSSR count). The molecule has 0 bridgehead atoms. The Morgan fingerprint density at radius 3 is 2.57 bits per heavy atom. The van der Waals surface area contributed by atoms with E-state index in [1.807, 2.05) is 31.2 Å². The molecule has 0 atom stereocenters. The summed E-state index contributed by atoms with van der Waals surface area (Å²) in [5.41, 5.74) is 3.28. The summed E-state index contributed by atoms with van der Waals surface area (Å²) in [4.78, 5) is 5.73. The number of hydrogen-bond acceptors (Lipinski definition) is 5. The lowest BCUT2D eigenvalue weighted by atomic mass is 10.2. The van der Waals surface area contributed by atoms with Crippen LogP contribution >= 0.6 is 24.0 Å². The summed E-state index contributed by atoms with van der Waals surface area (Å²) in [5, 5.41) is 0. The molecule has 0 saturated heterocycles. The molecule has 8 heteroatoms. The summed E-state index contributed by atoms with van der Waals surface area (Å²) in [6.45, 7) is 2.68. The van der Waals surface area contributed by atoms with Crippen LogP contribution in [0.4, 0.5) is 11.4 Å². The van der Waals surface area contributed by atoms with E-state index in [2.05, 4.69) is 34.1 Å². The zero-order valence-corrected chi connectivity index (χ0v) is 18.8. The van der Waals surface area contributed by atoms with Gasteiger partial charge >= 0.3 is 0 Å². The second kappa shape index (κ2) is 8.67. The van der Waals surface area contributed by atoms with Gasteiger partial charge in [0.05, 0.1) is 20.8 Å². The molecule has 0 radical (unpaired) electrons. The Morgan fingerprint density at radius 1 is 1.03 bits per heavy atom. The van der Waals surface area contributed by atoms with E-state index in [-0.39, 0.29) is 4.90 Å². The van der Waals surface area contributed by atoms with Crippen molar-refractivity contribution in [2.45, 2.75) is 18.4 Å². The molecule has 4 aromatic rings. The van der Waals surface area contributed by atoms with Crippen LogP contribution in [0.5, 0.6) is 0 Å². The number of thiazole rings is 1. The van der Waals surface area contributed by atoms with E-state index in [0.717, 1.165) is 27.1 Å². The highest BCUT2D eigenvalue weighted by molar-refractivity contribution is 7.92. The van der Waals surface area contributed by atoms with Crippen molar-refractivity contribution in [3.05, 3.63) is 83.2 Å². The van der Waals surface area contributed by atoms with E-state index in [4.69, 9.17) is 4.99 Å². The van der Waals surface area contributed by atoms with E-state index < -0.39 is 10.0 Å². The highest BCUT2D eigenvalue weighted by atomic mass is 32.2. The first kappa shape index (κ1) is 20.7. The fourth-order valence-corrected chi connectivity index (χ4v) is 5.46. The number of para-hydroxylation sites is 1. The third-order valence-corrected chi connectivity index (χ3v) is 7.21. The second-order valence-electron chi connectivity index (χ2n) is 6.81. The van der Waals surface area contributed by atoms with Crippen molar-refractivity contribution >= 4 is 55.6 Å². The number of aryl methyl sites for hydroxylation is 2. The van der Waals surface area contributed by atoms with Gasteiger partial charge in [-0.1, -0.05) is 47.2 Å². The molecule has 0 aliphatic heterocycles. The van der Waals surface area contributed by atoms with Gasteiger partial charge in [-0.2, -0.15) is 12.6 Å². The standard InChI is InChI=1S/C22H21N3O2S3/c1-16-9-11-17(12-10-16)24-30(26,27)19-6-4-5-18(15-19)23-22-25(13-14-28)20-7-2-3-8-21(20)29-22/h2-12,15,24,28H,13-14H2,1H3. The highest BCUT2D eigenvalue weighted by Crippen LogP contribution is 2.22. The van der Waals surface area contributed by atoms with E-state index in [0.29, 0.717) is 17.1 Å². The Bertz CT molecular complexity index is 1350. The van der Waals surface area contributed by atoms with Crippen LogP contribution in [-0.4, -0.2) is 18.7 Å². The third-order valence-electron chi connectivity index (χ3n) is 4.57. The summed E-state index contributed by atoms with van der Waals surface area (Å²) in [7, 11) is -3.71. The van der Waals surface area contributed by atoms with Crippen LogP contribution in [0.2, 0.25) is 0 Å². The number of nitrogens with one attached hydrogen (secondary N) is 1. The van der Waals surface area contributed by atoms with Crippen molar-refractivity contribution in [1.82, 2.24) is 4.57 Å². The molecule has 154 valence electrons. The maximum Gasteiger partial charge on any atom is 0.261 e. The minimum atomic E-state index is -3.71. The molecule has 1 aromatic heterocycles. The first-order valence-corrected chi connectivity index (χ1v) is 12.3. The van der Waals surface area contributed by atoms with Crippen LogP contribution in [0.25, 0.3) is 10.2 Å². The monoisotopic (exact) mass is 455 g/mol. The Kier molecular flexibility index (Phi) is 5.99. The molecule has 1 N–H and O–H groups in total. The van der Waals surface area contributed by atoms with Gasteiger partial charge in [0.25, 0.3) is 10.0 Å². The number of aromatic nitrogens is 1. The Hall–Kier alpha value is -2.55. The zero-order valence-electron chi connectivity index (χ0n) is 16.3. The first-order chi connectivity index (χ1) is 14.5. The number of thiol groups is 1. The van der Waals surface area contributed by atoms with Crippen molar-refractivity contribution in [1.29, 1.82) is 0 Å². The fourth-order valence-electron chi connectivity index (χ4n) is 3.09. The molecule has 1 heterocycles. The lowest BCUT2D eigenvalue weighted by Crippen LogP contribution is -2.15. The summed E-state index contributed by atoms with van der Waals surface area (Å²) < 4.78 is 31.5. The molecular formula is C22H21N3O2S3. The van der Waals surface area contributed by atoms with E-state index >= 15 is 0 Å². The van der Waals surface area contributed by atoms with E-state index in [9.17, 15) is 8.42 Å². The number of anilines is 1. The van der Waals surface area contributed by atoms with Crippen LogP contribution in [-0.2, 0) is 16.6 Å². The lowest BCUT2D eigenvalue weighted by molar-refractivity contribution is 0.601. The van der Waals surface area contributed by atoms with Gasteiger partial charge in [-0.25, -0.2) is 13.4 Å². The Morgan fingerprint density at radius 2 is 1.80 bits per heavy atom. The van der Waals surface area contributed by atoms with Gasteiger partial charge in [0, 0.05) is 18.0 Å². The molecule has 0 fully saturated rings. The van der Waals surface area contributed by atoms with Crippen LogP contribution in [0.3, 0.4) is 0 Å². The molecule has 30 heavy (non-hydrogen) atoms. The Balaban J connectivity index is 1.73. The van der Waals surface area contributed by atoms with Crippen LogP contribution in [0.1, 0.15) is 5.56 Å². The molecule has 0 spiro atoms. The van der Waals surface area contributed by atoms with Gasteiger partial charge in [0.1, 0.15) is 0 Å². The summed E-state index contributed by atoms with van der Waals surface area (Å²) in [6, 6.07) is 22.0. The summed E-state index contributed by atoms with van der Waals surface area (Å²) in [6.07, 6.45) is 0. The topological polar surface area (TPSA) is 63.5 Å². The van der Waals surface area contributed by atoms with Gasteiger partial charge in [0.15, 0.2) is 4.80 Å². The molecular weight excluding hydrogens is 434 g/mol. The smallest absolute Gasteiger partial charge is 0.261 e. The molecule has 0 aliphatic rings. The van der Waals surface area contributed by atoms with Gasteiger partial charge in [-0.15, -0.1) is 0 Å². The largest absolute Gasteiger partial charge is 0.316 e. The van der Waals surface area contributed by atoms with Crippen molar-refractivity contribution in [3.63, 3.8) is 0 Å². The third kappa shape index (κ3) is 4.45. The molecule has 0 unspecified atom stereocenters. The number of fused-ring (bicyclic) bond motifs is 1. The predicted molar refractivity (Wildman–Crippen MR) is 127 cm³/mol. The van der Waals surface area contributed by atoms with Crippen molar-refractivity contribution in [3.8, 4) is 0 Å². The SMILES string of the molecule is Cc1ccc(NS(=O)(=O)c2cccc(N=c3sc4ccccc4n3CCS)c2)cc1. The van der Waals surface area contributed by atoms with Gasteiger partial charge in [-0.05, 0) is 49.4 Å². The number of rotatable bonds is 6.